The minimum atomic E-state index is -4.35. The molecule has 1 amide bonds. The molecule has 2 N–H and O–H groups in total. The maximum Gasteiger partial charge on any atom is 0.416 e. The van der Waals surface area contributed by atoms with Crippen LogP contribution < -0.4 is 5.32 Å². The number of rotatable bonds is 5. The predicted molar refractivity (Wildman–Crippen MR) is 73.2 cm³/mol. The molecule has 0 saturated heterocycles. The fourth-order valence-corrected chi connectivity index (χ4v) is 1.99. The van der Waals surface area contributed by atoms with E-state index in [1.807, 2.05) is 6.92 Å². The first-order valence-electron chi connectivity index (χ1n) is 6.69. The molecule has 118 valence electrons. The molecule has 0 spiro atoms. The highest BCUT2D eigenvalue weighted by Crippen LogP contribution is 2.31. The van der Waals surface area contributed by atoms with Crippen LogP contribution in [0.1, 0.15) is 40.9 Å². The maximum absolute atomic E-state index is 12.7. The number of alkyl halides is 3. The van der Waals surface area contributed by atoms with Crippen LogP contribution in [-0.4, -0.2) is 27.9 Å². The molecule has 0 aliphatic heterocycles. The quantitative estimate of drug-likeness (QED) is 0.892. The van der Waals surface area contributed by atoms with Gasteiger partial charge in [-0.25, -0.2) is 0 Å². The minimum Gasteiger partial charge on any atom is -0.351 e. The summed E-state index contributed by atoms with van der Waals surface area (Å²) < 4.78 is 38.0. The van der Waals surface area contributed by atoms with Crippen molar-refractivity contribution in [2.45, 2.75) is 25.4 Å². The lowest BCUT2D eigenvalue weighted by atomic mass is 9.96. The van der Waals surface area contributed by atoms with Gasteiger partial charge in [0.05, 0.1) is 11.8 Å². The number of nitrogens with zero attached hydrogens (tertiary/aromatic N) is 2. The third-order valence-corrected chi connectivity index (χ3v) is 3.29. The Morgan fingerprint density at radius 3 is 2.82 bits per heavy atom. The van der Waals surface area contributed by atoms with Crippen molar-refractivity contribution in [3.63, 3.8) is 0 Å². The highest BCUT2D eigenvalue weighted by atomic mass is 19.4. The lowest BCUT2D eigenvalue weighted by Crippen LogP contribution is -2.25. The summed E-state index contributed by atoms with van der Waals surface area (Å²) in [5.41, 5.74) is 0.0979. The summed E-state index contributed by atoms with van der Waals surface area (Å²) >= 11 is 0. The van der Waals surface area contributed by atoms with Crippen molar-refractivity contribution in [3.8, 4) is 0 Å². The van der Waals surface area contributed by atoms with Gasteiger partial charge in [0.15, 0.2) is 5.69 Å². The standard InChI is InChI=1S/C14H15F3N4O/c1-9(5-6-18-13(22)12-8-19-21-20-12)10-3-2-4-11(7-10)14(15,16)17/h2-4,7-9H,5-6H2,1H3,(H,18,22)(H,19,20,21)/t9-/m1/s1. The van der Waals surface area contributed by atoms with Crippen molar-refractivity contribution in [2.24, 2.45) is 0 Å². The highest BCUT2D eigenvalue weighted by molar-refractivity contribution is 5.91. The molecule has 2 rings (SSSR count). The Morgan fingerprint density at radius 1 is 1.41 bits per heavy atom. The number of nitrogens with one attached hydrogen (secondary N) is 2. The number of hydrogen-bond acceptors (Lipinski definition) is 3. The number of carbonyl (C=O) groups excluding carboxylic acids is 1. The van der Waals surface area contributed by atoms with E-state index in [2.05, 4.69) is 20.7 Å². The van der Waals surface area contributed by atoms with Gasteiger partial charge in [0.1, 0.15) is 0 Å². The average molecular weight is 312 g/mol. The van der Waals surface area contributed by atoms with E-state index in [0.717, 1.165) is 12.1 Å². The number of aromatic amines is 1. The molecule has 0 saturated carbocycles. The molecule has 8 heteroatoms. The van der Waals surface area contributed by atoms with E-state index in [9.17, 15) is 18.0 Å². The summed E-state index contributed by atoms with van der Waals surface area (Å²) in [6, 6.07) is 5.23. The molecular formula is C14H15F3N4O. The number of hydrogen-bond donors (Lipinski definition) is 2. The van der Waals surface area contributed by atoms with Gasteiger partial charge in [-0.15, -0.1) is 0 Å². The summed E-state index contributed by atoms with van der Waals surface area (Å²) in [6.45, 7) is 2.15. The molecule has 0 aliphatic rings. The van der Waals surface area contributed by atoms with Gasteiger partial charge in [0, 0.05) is 6.54 Å². The zero-order valence-corrected chi connectivity index (χ0v) is 11.8. The SMILES string of the molecule is C[C@H](CCNC(=O)c1cn[nH]n1)c1cccc(C(F)(F)F)c1. The third kappa shape index (κ3) is 4.06. The van der Waals surface area contributed by atoms with Crippen LogP contribution in [-0.2, 0) is 6.18 Å². The lowest BCUT2D eigenvalue weighted by molar-refractivity contribution is -0.137. The fourth-order valence-electron chi connectivity index (χ4n) is 1.99. The van der Waals surface area contributed by atoms with Crippen molar-refractivity contribution < 1.29 is 18.0 Å². The Hall–Kier alpha value is -2.38. The van der Waals surface area contributed by atoms with E-state index in [1.165, 1.54) is 12.3 Å². The van der Waals surface area contributed by atoms with Gasteiger partial charge in [-0.2, -0.15) is 28.6 Å². The Morgan fingerprint density at radius 2 is 2.18 bits per heavy atom. The van der Waals surface area contributed by atoms with Crippen molar-refractivity contribution in [2.75, 3.05) is 6.54 Å². The Kier molecular flexibility index (Phi) is 4.79. The van der Waals surface area contributed by atoms with Gasteiger partial charge >= 0.3 is 6.18 Å². The van der Waals surface area contributed by atoms with Gasteiger partial charge in [-0.1, -0.05) is 25.1 Å². The van der Waals surface area contributed by atoms with E-state index in [1.54, 1.807) is 6.07 Å². The molecule has 0 unspecified atom stereocenters. The first-order valence-corrected chi connectivity index (χ1v) is 6.69. The van der Waals surface area contributed by atoms with Crippen LogP contribution in [0.4, 0.5) is 13.2 Å². The predicted octanol–water partition coefficient (Wildman–Crippen LogP) is 2.75. The topological polar surface area (TPSA) is 70.7 Å². The lowest BCUT2D eigenvalue weighted by Gasteiger charge is -2.14. The summed E-state index contributed by atoms with van der Waals surface area (Å²) in [7, 11) is 0. The van der Waals surface area contributed by atoms with Crippen LogP contribution in [0.25, 0.3) is 0 Å². The van der Waals surface area contributed by atoms with Crippen molar-refractivity contribution in [3.05, 3.63) is 47.3 Å². The second-order valence-electron chi connectivity index (χ2n) is 4.92. The number of benzene rings is 1. The second kappa shape index (κ2) is 6.59. The molecule has 0 aliphatic carbocycles. The molecule has 0 bridgehead atoms. The second-order valence-corrected chi connectivity index (χ2v) is 4.92. The molecule has 0 radical (unpaired) electrons. The van der Waals surface area contributed by atoms with Gasteiger partial charge in [-0.05, 0) is 24.0 Å². The van der Waals surface area contributed by atoms with Crippen LogP contribution in [0.15, 0.2) is 30.5 Å². The molecule has 1 aromatic heterocycles. The molecule has 1 aromatic carbocycles. The van der Waals surface area contributed by atoms with Gasteiger partial charge < -0.3 is 5.32 Å². The molecule has 1 heterocycles. The summed E-state index contributed by atoms with van der Waals surface area (Å²) in [4.78, 5) is 11.6. The normalized spacial score (nSPS) is 12.9. The molecule has 1 atom stereocenters. The Bertz CT molecular complexity index is 625. The first-order chi connectivity index (χ1) is 10.4. The largest absolute Gasteiger partial charge is 0.416 e. The zero-order valence-electron chi connectivity index (χ0n) is 11.8. The van der Waals surface area contributed by atoms with E-state index in [-0.39, 0.29) is 17.5 Å². The molecule has 0 fully saturated rings. The zero-order chi connectivity index (χ0) is 16.2. The van der Waals surface area contributed by atoms with E-state index in [4.69, 9.17) is 0 Å². The molecule has 5 nitrogen and oxygen atoms in total. The van der Waals surface area contributed by atoms with E-state index in [0.29, 0.717) is 18.5 Å². The summed E-state index contributed by atoms with van der Waals surface area (Å²) in [5, 5.41) is 12.1. The Labute approximate surface area is 124 Å². The van der Waals surface area contributed by atoms with Crippen molar-refractivity contribution >= 4 is 5.91 Å². The number of H-pyrrole nitrogens is 1. The Balaban J connectivity index is 1.90. The van der Waals surface area contributed by atoms with Gasteiger partial charge in [0.25, 0.3) is 5.91 Å². The molecular weight excluding hydrogens is 297 g/mol. The van der Waals surface area contributed by atoms with E-state index >= 15 is 0 Å². The number of carbonyl (C=O) groups is 1. The van der Waals surface area contributed by atoms with Crippen molar-refractivity contribution in [1.29, 1.82) is 0 Å². The number of halogens is 3. The number of amides is 1. The van der Waals surface area contributed by atoms with Crippen LogP contribution in [0.5, 0.6) is 0 Å². The summed E-state index contributed by atoms with van der Waals surface area (Å²) in [6.07, 6.45) is -2.53. The maximum atomic E-state index is 12.7. The summed E-state index contributed by atoms with van der Waals surface area (Å²) in [5.74, 6) is -0.482. The number of aromatic nitrogens is 3. The minimum absolute atomic E-state index is 0.111. The first kappa shape index (κ1) is 16.0. The average Bonchev–Trinajstić information content (AvgIpc) is 3.00. The van der Waals surface area contributed by atoms with Gasteiger partial charge in [-0.3, -0.25) is 4.79 Å². The van der Waals surface area contributed by atoms with E-state index < -0.39 is 11.7 Å². The monoisotopic (exact) mass is 312 g/mol. The molecule has 2 aromatic rings. The van der Waals surface area contributed by atoms with Crippen LogP contribution in [0, 0.1) is 0 Å². The van der Waals surface area contributed by atoms with Crippen LogP contribution in [0.2, 0.25) is 0 Å². The highest BCUT2D eigenvalue weighted by Gasteiger charge is 2.30. The van der Waals surface area contributed by atoms with Crippen LogP contribution >= 0.6 is 0 Å². The van der Waals surface area contributed by atoms with Crippen molar-refractivity contribution in [1.82, 2.24) is 20.7 Å². The molecule has 22 heavy (non-hydrogen) atoms. The smallest absolute Gasteiger partial charge is 0.351 e. The third-order valence-electron chi connectivity index (χ3n) is 3.29. The fraction of sp³-hybridized carbons (Fsp3) is 0.357. The van der Waals surface area contributed by atoms with Crippen LogP contribution in [0.3, 0.4) is 0 Å². The van der Waals surface area contributed by atoms with Gasteiger partial charge in [0.2, 0.25) is 0 Å².